The highest BCUT2D eigenvalue weighted by Gasteiger charge is 2.21. The highest BCUT2D eigenvalue weighted by molar-refractivity contribution is 9.10. The van der Waals surface area contributed by atoms with Crippen molar-refractivity contribution in [3.8, 4) is 11.4 Å². The summed E-state index contributed by atoms with van der Waals surface area (Å²) in [5.74, 6) is -0.261. The fourth-order valence-electron chi connectivity index (χ4n) is 2.27. The number of carboxylic acid groups (broad SMARTS) is 1. The number of aromatic nitrogens is 4. The van der Waals surface area contributed by atoms with Crippen LogP contribution < -0.4 is 0 Å². The first kappa shape index (κ1) is 15.6. The second-order valence-electron chi connectivity index (χ2n) is 4.97. The van der Waals surface area contributed by atoms with Crippen LogP contribution in [-0.2, 0) is 4.79 Å². The summed E-state index contributed by atoms with van der Waals surface area (Å²) in [5, 5.41) is 20.9. The van der Waals surface area contributed by atoms with Crippen molar-refractivity contribution in [1.29, 1.82) is 0 Å². The standard InChI is InChI=1S/C14H17BrN4O2/c1-3-4-10(8-13(20)21)19-14(16-17-18-19)11-7-9(2)5-6-12(11)15/h5-7,10H,3-4,8H2,1-2H3,(H,20,21). The Morgan fingerprint density at radius 3 is 2.90 bits per heavy atom. The lowest BCUT2D eigenvalue weighted by atomic mass is 10.1. The van der Waals surface area contributed by atoms with Crippen LogP contribution in [0.3, 0.4) is 0 Å². The smallest absolute Gasteiger partial charge is 0.305 e. The number of rotatable bonds is 6. The van der Waals surface area contributed by atoms with Crippen LogP contribution in [-0.4, -0.2) is 31.3 Å². The van der Waals surface area contributed by atoms with Gasteiger partial charge in [-0.1, -0.05) is 40.9 Å². The first-order valence-corrected chi connectivity index (χ1v) is 7.58. The van der Waals surface area contributed by atoms with Crippen LogP contribution in [0.2, 0.25) is 0 Å². The number of carbonyl (C=O) groups is 1. The minimum atomic E-state index is -0.849. The Labute approximate surface area is 131 Å². The molecular weight excluding hydrogens is 336 g/mol. The molecule has 1 heterocycles. The lowest BCUT2D eigenvalue weighted by Crippen LogP contribution is -2.16. The van der Waals surface area contributed by atoms with Gasteiger partial charge in [0.05, 0.1) is 12.5 Å². The van der Waals surface area contributed by atoms with E-state index in [1.54, 1.807) is 4.68 Å². The molecule has 0 fully saturated rings. The van der Waals surface area contributed by atoms with Crippen molar-refractivity contribution in [2.45, 2.75) is 39.2 Å². The topological polar surface area (TPSA) is 80.9 Å². The third-order valence-corrected chi connectivity index (χ3v) is 3.93. The van der Waals surface area contributed by atoms with Crippen molar-refractivity contribution in [3.05, 3.63) is 28.2 Å². The van der Waals surface area contributed by atoms with Gasteiger partial charge in [-0.3, -0.25) is 4.79 Å². The molecule has 0 amide bonds. The molecule has 0 aliphatic heterocycles. The lowest BCUT2D eigenvalue weighted by molar-refractivity contribution is -0.138. The van der Waals surface area contributed by atoms with Crippen LogP contribution in [0.5, 0.6) is 0 Å². The number of hydrogen-bond donors (Lipinski definition) is 1. The quantitative estimate of drug-likeness (QED) is 0.862. The van der Waals surface area contributed by atoms with Gasteiger partial charge in [-0.15, -0.1) is 5.10 Å². The minimum Gasteiger partial charge on any atom is -0.481 e. The normalized spacial score (nSPS) is 12.3. The number of nitrogens with zero attached hydrogens (tertiary/aromatic N) is 4. The third kappa shape index (κ3) is 3.66. The minimum absolute atomic E-state index is 0.00924. The van der Waals surface area contributed by atoms with E-state index in [9.17, 15) is 4.79 Å². The summed E-state index contributed by atoms with van der Waals surface area (Å²) in [5.41, 5.74) is 1.96. The number of halogens is 1. The summed E-state index contributed by atoms with van der Waals surface area (Å²) in [6.45, 7) is 4.01. The Morgan fingerprint density at radius 1 is 1.48 bits per heavy atom. The second-order valence-corrected chi connectivity index (χ2v) is 5.83. The lowest BCUT2D eigenvalue weighted by Gasteiger charge is -2.16. The summed E-state index contributed by atoms with van der Waals surface area (Å²) in [6, 6.07) is 5.67. The molecule has 0 spiro atoms. The fourth-order valence-corrected chi connectivity index (χ4v) is 2.70. The van der Waals surface area contributed by atoms with Gasteiger partial charge in [0, 0.05) is 10.0 Å². The Balaban J connectivity index is 2.45. The maximum Gasteiger partial charge on any atom is 0.305 e. The second kappa shape index (κ2) is 6.80. The molecule has 1 aromatic carbocycles. The van der Waals surface area contributed by atoms with E-state index in [1.165, 1.54) is 0 Å². The molecule has 1 aromatic heterocycles. The molecule has 112 valence electrons. The van der Waals surface area contributed by atoms with Gasteiger partial charge < -0.3 is 5.11 Å². The van der Waals surface area contributed by atoms with E-state index < -0.39 is 5.97 Å². The summed E-state index contributed by atoms with van der Waals surface area (Å²) in [6.07, 6.45) is 1.59. The van der Waals surface area contributed by atoms with Crippen LogP contribution >= 0.6 is 15.9 Å². The number of aryl methyl sites for hydroxylation is 1. The monoisotopic (exact) mass is 352 g/mol. The van der Waals surface area contributed by atoms with Crippen LogP contribution in [0.25, 0.3) is 11.4 Å². The van der Waals surface area contributed by atoms with Gasteiger partial charge in [0.15, 0.2) is 5.82 Å². The molecule has 1 atom stereocenters. The number of tetrazole rings is 1. The Morgan fingerprint density at radius 2 is 2.24 bits per heavy atom. The van der Waals surface area contributed by atoms with E-state index in [1.807, 2.05) is 32.0 Å². The van der Waals surface area contributed by atoms with Crippen LogP contribution in [0, 0.1) is 6.92 Å². The zero-order valence-electron chi connectivity index (χ0n) is 12.0. The van der Waals surface area contributed by atoms with Crippen molar-refractivity contribution in [2.24, 2.45) is 0 Å². The van der Waals surface area contributed by atoms with Gasteiger partial charge in [-0.25, -0.2) is 4.68 Å². The van der Waals surface area contributed by atoms with Crippen molar-refractivity contribution in [3.63, 3.8) is 0 Å². The predicted octanol–water partition coefficient (Wildman–Crippen LogP) is 3.23. The number of hydrogen-bond acceptors (Lipinski definition) is 4. The van der Waals surface area contributed by atoms with E-state index in [0.29, 0.717) is 12.2 Å². The molecule has 0 aliphatic rings. The average molecular weight is 353 g/mol. The van der Waals surface area contributed by atoms with Gasteiger partial charge in [0.25, 0.3) is 0 Å². The van der Waals surface area contributed by atoms with E-state index in [4.69, 9.17) is 5.11 Å². The molecular formula is C14H17BrN4O2. The molecule has 6 nitrogen and oxygen atoms in total. The molecule has 0 radical (unpaired) electrons. The summed E-state index contributed by atoms with van der Waals surface area (Å²) in [4.78, 5) is 11.1. The third-order valence-electron chi connectivity index (χ3n) is 3.23. The molecule has 0 saturated carbocycles. The SMILES string of the molecule is CCCC(CC(=O)O)n1nnnc1-c1cc(C)ccc1Br. The van der Waals surface area contributed by atoms with Crippen molar-refractivity contribution in [1.82, 2.24) is 20.2 Å². The largest absolute Gasteiger partial charge is 0.481 e. The van der Waals surface area contributed by atoms with Crippen LogP contribution in [0.15, 0.2) is 22.7 Å². The first-order chi connectivity index (χ1) is 10.0. The maximum absolute atomic E-state index is 11.1. The fraction of sp³-hybridized carbons (Fsp3) is 0.429. The maximum atomic E-state index is 11.1. The van der Waals surface area contributed by atoms with Crippen molar-refractivity contribution in [2.75, 3.05) is 0 Å². The van der Waals surface area contributed by atoms with E-state index in [0.717, 1.165) is 22.0 Å². The molecule has 0 aliphatic carbocycles. The average Bonchev–Trinajstić information content (AvgIpc) is 2.89. The van der Waals surface area contributed by atoms with Crippen LogP contribution in [0.4, 0.5) is 0 Å². The molecule has 2 rings (SSSR count). The molecule has 2 aromatic rings. The highest BCUT2D eigenvalue weighted by atomic mass is 79.9. The van der Waals surface area contributed by atoms with E-state index in [-0.39, 0.29) is 12.5 Å². The van der Waals surface area contributed by atoms with Crippen molar-refractivity contribution < 1.29 is 9.90 Å². The van der Waals surface area contributed by atoms with Gasteiger partial charge in [0.1, 0.15) is 0 Å². The van der Waals surface area contributed by atoms with Gasteiger partial charge in [-0.2, -0.15) is 0 Å². The summed E-state index contributed by atoms with van der Waals surface area (Å²) in [7, 11) is 0. The molecule has 21 heavy (non-hydrogen) atoms. The number of carboxylic acids is 1. The zero-order valence-corrected chi connectivity index (χ0v) is 13.5. The van der Waals surface area contributed by atoms with E-state index in [2.05, 4.69) is 31.5 Å². The predicted molar refractivity (Wildman–Crippen MR) is 81.9 cm³/mol. The van der Waals surface area contributed by atoms with Gasteiger partial charge in [0.2, 0.25) is 0 Å². The Hall–Kier alpha value is -1.76. The molecule has 1 N–H and O–H groups in total. The number of aliphatic carboxylic acids is 1. The number of benzene rings is 1. The molecule has 1 unspecified atom stereocenters. The van der Waals surface area contributed by atoms with Gasteiger partial charge >= 0.3 is 5.97 Å². The van der Waals surface area contributed by atoms with E-state index >= 15 is 0 Å². The first-order valence-electron chi connectivity index (χ1n) is 6.79. The van der Waals surface area contributed by atoms with Crippen molar-refractivity contribution >= 4 is 21.9 Å². The molecule has 0 saturated heterocycles. The summed E-state index contributed by atoms with van der Waals surface area (Å²) >= 11 is 3.50. The van der Waals surface area contributed by atoms with Crippen LogP contribution in [0.1, 0.15) is 37.8 Å². The molecule has 0 bridgehead atoms. The highest BCUT2D eigenvalue weighted by Crippen LogP contribution is 2.30. The Kier molecular flexibility index (Phi) is 5.06. The van der Waals surface area contributed by atoms with Gasteiger partial charge in [-0.05, 0) is 35.9 Å². The summed E-state index contributed by atoms with van der Waals surface area (Å²) < 4.78 is 2.51. The molecule has 7 heteroatoms. The zero-order chi connectivity index (χ0) is 15.4. The Bertz CT molecular complexity index is 642.